The van der Waals surface area contributed by atoms with Crippen LogP contribution in [-0.2, 0) is 0 Å². The third-order valence-corrected chi connectivity index (χ3v) is 5.25. The van der Waals surface area contributed by atoms with E-state index in [-0.39, 0.29) is 0 Å². The molecule has 1 aromatic heterocycles. The summed E-state index contributed by atoms with van der Waals surface area (Å²) in [7, 11) is 0. The molecule has 0 N–H and O–H groups in total. The summed E-state index contributed by atoms with van der Waals surface area (Å²) in [5, 5.41) is 2.27. The maximum atomic E-state index is 5.99. The summed E-state index contributed by atoms with van der Waals surface area (Å²) in [5.74, 6) is 0. The Morgan fingerprint density at radius 2 is 1.15 bits per heavy atom. The lowest BCUT2D eigenvalue weighted by Crippen LogP contribution is -1.84. The van der Waals surface area contributed by atoms with Crippen LogP contribution in [0.4, 0.5) is 0 Å². The van der Waals surface area contributed by atoms with Gasteiger partial charge in [0.1, 0.15) is 11.2 Å². The maximum Gasteiger partial charge on any atom is 0.135 e. The minimum Gasteiger partial charge on any atom is -0.456 e. The van der Waals surface area contributed by atoms with Crippen molar-refractivity contribution in [2.24, 2.45) is 0 Å². The highest BCUT2D eigenvalue weighted by Crippen LogP contribution is 2.37. The molecule has 1 heterocycles. The first-order chi connectivity index (χ1) is 12.8. The second-order valence-electron chi connectivity index (χ2n) is 6.37. The second-order valence-corrected chi connectivity index (χ2v) is 7.28. The lowest BCUT2D eigenvalue weighted by Gasteiger charge is -2.10. The van der Waals surface area contributed by atoms with Gasteiger partial charge in [0, 0.05) is 15.2 Å². The van der Waals surface area contributed by atoms with Gasteiger partial charge >= 0.3 is 0 Å². The summed E-state index contributed by atoms with van der Waals surface area (Å²) in [6, 6.07) is 31.6. The zero-order valence-corrected chi connectivity index (χ0v) is 15.5. The summed E-state index contributed by atoms with van der Waals surface area (Å²) in [5.41, 5.74) is 6.71. The van der Waals surface area contributed by atoms with Gasteiger partial charge in [0.2, 0.25) is 0 Å². The Labute approximate surface area is 160 Å². The molecule has 0 aliphatic carbocycles. The van der Waals surface area contributed by atoms with Gasteiger partial charge in [-0.15, -0.1) is 0 Å². The van der Waals surface area contributed by atoms with Crippen molar-refractivity contribution in [3.05, 3.63) is 95.5 Å². The molecule has 5 aromatic rings. The predicted octanol–water partition coefficient (Wildman–Crippen LogP) is 7.68. The zero-order valence-electron chi connectivity index (χ0n) is 13.9. The SMILES string of the molecule is Brc1ccc2oc3ccc(-c4ccccc4-c4ccccc4)cc3c2c1. The fraction of sp³-hybridized carbons (Fsp3) is 0. The standard InChI is InChI=1S/C24H15BrO/c25-18-11-13-24-22(15-18)21-14-17(10-12-23(21)26-24)20-9-5-4-8-19(20)16-6-2-1-3-7-16/h1-15H. The molecule has 2 heteroatoms. The molecule has 0 fully saturated rings. The van der Waals surface area contributed by atoms with E-state index in [0.717, 1.165) is 26.4 Å². The van der Waals surface area contributed by atoms with Crippen LogP contribution < -0.4 is 0 Å². The van der Waals surface area contributed by atoms with Crippen LogP contribution in [0.1, 0.15) is 0 Å². The summed E-state index contributed by atoms with van der Waals surface area (Å²) >= 11 is 3.57. The van der Waals surface area contributed by atoms with Gasteiger partial charge in [0.25, 0.3) is 0 Å². The Morgan fingerprint density at radius 1 is 0.538 bits per heavy atom. The Kier molecular flexibility index (Phi) is 3.65. The minimum atomic E-state index is 0.914. The maximum absolute atomic E-state index is 5.99. The van der Waals surface area contributed by atoms with E-state index >= 15 is 0 Å². The summed E-state index contributed by atoms with van der Waals surface area (Å²) < 4.78 is 7.05. The molecule has 1 nitrogen and oxygen atoms in total. The summed E-state index contributed by atoms with van der Waals surface area (Å²) in [6.45, 7) is 0. The molecule has 0 unspecified atom stereocenters. The molecule has 0 aliphatic heterocycles. The first-order valence-corrected chi connectivity index (χ1v) is 9.35. The molecule has 4 aromatic carbocycles. The van der Waals surface area contributed by atoms with E-state index in [0.29, 0.717) is 0 Å². The van der Waals surface area contributed by atoms with Gasteiger partial charge in [-0.2, -0.15) is 0 Å². The van der Waals surface area contributed by atoms with E-state index in [1.54, 1.807) is 0 Å². The lowest BCUT2D eigenvalue weighted by molar-refractivity contribution is 0.669. The molecule has 0 saturated carbocycles. The highest BCUT2D eigenvalue weighted by Gasteiger charge is 2.11. The normalized spacial score (nSPS) is 11.3. The predicted molar refractivity (Wildman–Crippen MR) is 112 cm³/mol. The van der Waals surface area contributed by atoms with Crippen LogP contribution in [-0.4, -0.2) is 0 Å². The van der Waals surface area contributed by atoms with Gasteiger partial charge in [-0.05, 0) is 52.6 Å². The molecule has 0 bridgehead atoms. The highest BCUT2D eigenvalue weighted by atomic mass is 79.9. The van der Waals surface area contributed by atoms with Gasteiger partial charge in [0.15, 0.2) is 0 Å². The van der Waals surface area contributed by atoms with Crippen LogP contribution in [0.2, 0.25) is 0 Å². The van der Waals surface area contributed by atoms with Crippen LogP contribution in [0.3, 0.4) is 0 Å². The van der Waals surface area contributed by atoms with Gasteiger partial charge in [-0.25, -0.2) is 0 Å². The molecule has 5 rings (SSSR count). The topological polar surface area (TPSA) is 13.1 Å². The van der Waals surface area contributed by atoms with Crippen LogP contribution in [0.5, 0.6) is 0 Å². The molecular formula is C24H15BrO. The number of rotatable bonds is 2. The van der Waals surface area contributed by atoms with Gasteiger partial charge in [0.05, 0.1) is 0 Å². The monoisotopic (exact) mass is 398 g/mol. The molecular weight excluding hydrogens is 384 g/mol. The van der Waals surface area contributed by atoms with Crippen molar-refractivity contribution >= 4 is 37.9 Å². The molecule has 0 spiro atoms. The van der Waals surface area contributed by atoms with E-state index in [2.05, 4.69) is 88.7 Å². The molecule has 0 atom stereocenters. The van der Waals surface area contributed by atoms with Crippen molar-refractivity contribution in [1.29, 1.82) is 0 Å². The van der Waals surface area contributed by atoms with Crippen LogP contribution in [0.15, 0.2) is 99.9 Å². The summed E-state index contributed by atoms with van der Waals surface area (Å²) in [6.07, 6.45) is 0. The Bertz CT molecular complexity index is 1240. The number of hydrogen-bond acceptors (Lipinski definition) is 1. The number of fused-ring (bicyclic) bond motifs is 3. The van der Waals surface area contributed by atoms with Gasteiger partial charge in [-0.1, -0.05) is 76.6 Å². The minimum absolute atomic E-state index is 0.914. The van der Waals surface area contributed by atoms with Crippen molar-refractivity contribution in [3.8, 4) is 22.3 Å². The smallest absolute Gasteiger partial charge is 0.135 e. The largest absolute Gasteiger partial charge is 0.456 e. The van der Waals surface area contributed by atoms with Gasteiger partial charge in [-0.3, -0.25) is 0 Å². The van der Waals surface area contributed by atoms with Crippen LogP contribution >= 0.6 is 15.9 Å². The average molecular weight is 399 g/mol. The van der Waals surface area contributed by atoms with Crippen LogP contribution in [0.25, 0.3) is 44.2 Å². The van der Waals surface area contributed by atoms with Crippen molar-refractivity contribution < 1.29 is 4.42 Å². The molecule has 26 heavy (non-hydrogen) atoms. The molecule has 0 aliphatic rings. The first-order valence-electron chi connectivity index (χ1n) is 8.56. The third-order valence-electron chi connectivity index (χ3n) is 4.75. The van der Waals surface area contributed by atoms with Crippen LogP contribution in [0, 0.1) is 0 Å². The Balaban J connectivity index is 1.75. The van der Waals surface area contributed by atoms with Crippen molar-refractivity contribution in [2.75, 3.05) is 0 Å². The number of benzene rings is 4. The molecule has 0 radical (unpaired) electrons. The third kappa shape index (κ3) is 2.54. The first kappa shape index (κ1) is 15.4. The number of furan rings is 1. The average Bonchev–Trinajstić information content (AvgIpc) is 3.06. The van der Waals surface area contributed by atoms with Crippen molar-refractivity contribution in [3.63, 3.8) is 0 Å². The quantitative estimate of drug-likeness (QED) is 0.297. The number of hydrogen-bond donors (Lipinski definition) is 0. The van der Waals surface area contributed by atoms with E-state index in [9.17, 15) is 0 Å². The van der Waals surface area contributed by atoms with Gasteiger partial charge < -0.3 is 4.42 Å². The van der Waals surface area contributed by atoms with E-state index in [4.69, 9.17) is 4.42 Å². The van der Waals surface area contributed by atoms with Crippen molar-refractivity contribution in [2.45, 2.75) is 0 Å². The highest BCUT2D eigenvalue weighted by molar-refractivity contribution is 9.10. The number of halogens is 1. The fourth-order valence-corrected chi connectivity index (χ4v) is 3.88. The van der Waals surface area contributed by atoms with E-state index in [1.165, 1.54) is 22.3 Å². The second kappa shape index (κ2) is 6.15. The Hall–Kier alpha value is -2.84. The molecule has 0 amide bonds. The molecule has 124 valence electrons. The fourth-order valence-electron chi connectivity index (χ4n) is 3.52. The summed E-state index contributed by atoms with van der Waals surface area (Å²) in [4.78, 5) is 0. The lowest BCUT2D eigenvalue weighted by atomic mass is 9.94. The van der Waals surface area contributed by atoms with E-state index < -0.39 is 0 Å². The van der Waals surface area contributed by atoms with E-state index in [1.807, 2.05) is 18.2 Å². The molecule has 0 saturated heterocycles. The van der Waals surface area contributed by atoms with Crippen molar-refractivity contribution in [1.82, 2.24) is 0 Å². The Morgan fingerprint density at radius 3 is 1.92 bits per heavy atom. The zero-order chi connectivity index (χ0) is 17.5.